The Morgan fingerprint density at radius 2 is 2.42 bits per heavy atom. The van der Waals surface area contributed by atoms with Gasteiger partial charge in [-0.2, -0.15) is 5.26 Å². The molecule has 58 valence electrons. The normalized spacial score (nSPS) is 10.0. The van der Waals surface area contributed by atoms with Gasteiger partial charge in [0.05, 0.1) is 0 Å². The van der Waals surface area contributed by atoms with Crippen molar-refractivity contribution in [2.45, 2.75) is 0 Å². The summed E-state index contributed by atoms with van der Waals surface area (Å²) in [6.45, 7) is 0. The Balaban J connectivity index is 2.85. The van der Waals surface area contributed by atoms with E-state index in [-0.39, 0.29) is 10.9 Å². The van der Waals surface area contributed by atoms with Gasteiger partial charge in [0.15, 0.2) is 10.7 Å². The van der Waals surface area contributed by atoms with Crippen LogP contribution in [0.5, 0.6) is 0 Å². The Hall–Kier alpha value is -1.53. The minimum atomic E-state index is 0.250. The van der Waals surface area contributed by atoms with Crippen molar-refractivity contribution in [1.29, 1.82) is 5.26 Å². The third-order valence-electron chi connectivity index (χ3n) is 1.50. The van der Waals surface area contributed by atoms with Crippen LogP contribution in [-0.4, -0.2) is 4.98 Å². The fraction of sp³-hybridized carbons (Fsp3) is 0. The van der Waals surface area contributed by atoms with Gasteiger partial charge < -0.3 is 4.42 Å². The molecular weight excluding hydrogens is 176 g/mol. The standard InChI is InChI=1S/C8H3ClN2O/c9-8-7-5(1-2-11-8)3-6(4-10)12-7/h1-3H. The molecule has 0 saturated carbocycles. The minimum absolute atomic E-state index is 0.250. The van der Waals surface area contributed by atoms with E-state index < -0.39 is 0 Å². The number of furan rings is 1. The zero-order chi connectivity index (χ0) is 8.55. The van der Waals surface area contributed by atoms with Crippen molar-refractivity contribution >= 4 is 22.6 Å². The van der Waals surface area contributed by atoms with Crippen molar-refractivity contribution in [2.75, 3.05) is 0 Å². The average Bonchev–Trinajstić information content (AvgIpc) is 2.49. The van der Waals surface area contributed by atoms with Gasteiger partial charge in [0, 0.05) is 17.6 Å². The van der Waals surface area contributed by atoms with E-state index in [0.29, 0.717) is 5.58 Å². The number of hydrogen-bond acceptors (Lipinski definition) is 3. The van der Waals surface area contributed by atoms with Gasteiger partial charge in [-0.3, -0.25) is 0 Å². The van der Waals surface area contributed by atoms with Crippen LogP contribution < -0.4 is 0 Å². The molecule has 2 aromatic rings. The molecule has 2 rings (SSSR count). The molecule has 0 amide bonds. The molecule has 0 fully saturated rings. The highest BCUT2D eigenvalue weighted by molar-refractivity contribution is 6.33. The minimum Gasteiger partial charge on any atom is -0.442 e. The van der Waals surface area contributed by atoms with Gasteiger partial charge in [0.25, 0.3) is 0 Å². The first-order valence-electron chi connectivity index (χ1n) is 3.25. The van der Waals surface area contributed by atoms with Gasteiger partial charge >= 0.3 is 0 Å². The summed E-state index contributed by atoms with van der Waals surface area (Å²) in [6, 6.07) is 5.26. The lowest BCUT2D eigenvalue weighted by atomic mass is 10.3. The number of halogens is 1. The molecule has 12 heavy (non-hydrogen) atoms. The maximum Gasteiger partial charge on any atom is 0.204 e. The lowest BCUT2D eigenvalue weighted by Gasteiger charge is -1.87. The van der Waals surface area contributed by atoms with Gasteiger partial charge in [-0.25, -0.2) is 4.98 Å². The zero-order valence-corrected chi connectivity index (χ0v) is 6.67. The third kappa shape index (κ3) is 0.936. The second-order valence-corrected chi connectivity index (χ2v) is 2.60. The maximum atomic E-state index is 8.52. The molecule has 0 unspecified atom stereocenters. The van der Waals surface area contributed by atoms with E-state index in [1.54, 1.807) is 18.3 Å². The van der Waals surface area contributed by atoms with Crippen LogP contribution in [-0.2, 0) is 0 Å². The van der Waals surface area contributed by atoms with E-state index in [1.807, 2.05) is 6.07 Å². The molecule has 0 radical (unpaired) electrons. The van der Waals surface area contributed by atoms with Gasteiger partial charge in [0.2, 0.25) is 5.76 Å². The molecule has 0 bridgehead atoms. The number of nitrogens with zero attached hydrogens (tertiary/aromatic N) is 2. The van der Waals surface area contributed by atoms with Crippen LogP contribution in [0.4, 0.5) is 0 Å². The molecule has 0 aliphatic rings. The van der Waals surface area contributed by atoms with Crippen LogP contribution in [0.2, 0.25) is 5.15 Å². The number of fused-ring (bicyclic) bond motifs is 1. The van der Waals surface area contributed by atoms with Gasteiger partial charge in [0.1, 0.15) is 6.07 Å². The lowest BCUT2D eigenvalue weighted by Crippen LogP contribution is -1.71. The number of aromatic nitrogens is 1. The third-order valence-corrected chi connectivity index (χ3v) is 1.77. The molecule has 0 aromatic carbocycles. The fourth-order valence-electron chi connectivity index (χ4n) is 0.987. The van der Waals surface area contributed by atoms with Gasteiger partial charge in [-0.05, 0) is 6.07 Å². The topological polar surface area (TPSA) is 49.8 Å². The van der Waals surface area contributed by atoms with E-state index in [9.17, 15) is 0 Å². The van der Waals surface area contributed by atoms with Crippen molar-refractivity contribution in [1.82, 2.24) is 4.98 Å². The number of hydrogen-bond donors (Lipinski definition) is 0. The van der Waals surface area contributed by atoms with Crippen molar-refractivity contribution in [3.63, 3.8) is 0 Å². The average molecular weight is 179 g/mol. The summed E-state index contributed by atoms with van der Waals surface area (Å²) in [6.07, 6.45) is 1.57. The van der Waals surface area contributed by atoms with Crippen LogP contribution in [0.3, 0.4) is 0 Å². The first-order chi connectivity index (χ1) is 5.81. The largest absolute Gasteiger partial charge is 0.442 e. The predicted molar refractivity (Wildman–Crippen MR) is 43.7 cm³/mol. The highest BCUT2D eigenvalue weighted by Crippen LogP contribution is 2.23. The Labute approximate surface area is 73.2 Å². The molecule has 0 N–H and O–H groups in total. The number of rotatable bonds is 0. The Morgan fingerprint density at radius 3 is 3.08 bits per heavy atom. The summed E-state index contributed by atoms with van der Waals surface area (Å²) in [5.41, 5.74) is 0.468. The van der Waals surface area contributed by atoms with E-state index in [0.717, 1.165) is 5.39 Å². The van der Waals surface area contributed by atoms with Crippen LogP contribution in [0, 0.1) is 11.3 Å². The Bertz CT molecular complexity index is 469. The van der Waals surface area contributed by atoms with Crippen molar-refractivity contribution in [3.8, 4) is 6.07 Å². The summed E-state index contributed by atoms with van der Waals surface area (Å²) in [4.78, 5) is 3.82. The summed E-state index contributed by atoms with van der Waals surface area (Å²) >= 11 is 5.71. The Kier molecular flexibility index (Phi) is 1.49. The summed E-state index contributed by atoms with van der Waals surface area (Å²) < 4.78 is 5.09. The molecule has 0 atom stereocenters. The zero-order valence-electron chi connectivity index (χ0n) is 5.91. The van der Waals surface area contributed by atoms with Gasteiger partial charge in [-0.15, -0.1) is 0 Å². The van der Waals surface area contributed by atoms with Crippen LogP contribution in [0.1, 0.15) is 5.76 Å². The van der Waals surface area contributed by atoms with Crippen LogP contribution in [0.25, 0.3) is 11.0 Å². The second kappa shape index (κ2) is 2.50. The van der Waals surface area contributed by atoms with Crippen molar-refractivity contribution < 1.29 is 4.42 Å². The van der Waals surface area contributed by atoms with Crippen molar-refractivity contribution in [2.24, 2.45) is 0 Å². The summed E-state index contributed by atoms with van der Waals surface area (Å²) in [5, 5.41) is 9.61. The monoisotopic (exact) mass is 178 g/mol. The molecule has 0 saturated heterocycles. The smallest absolute Gasteiger partial charge is 0.204 e. The molecule has 2 aromatic heterocycles. The van der Waals surface area contributed by atoms with Crippen molar-refractivity contribution in [3.05, 3.63) is 29.2 Å². The predicted octanol–water partition coefficient (Wildman–Crippen LogP) is 2.35. The molecule has 0 aliphatic heterocycles. The lowest BCUT2D eigenvalue weighted by molar-refractivity contribution is 0.598. The highest BCUT2D eigenvalue weighted by atomic mass is 35.5. The SMILES string of the molecule is N#Cc1cc2ccnc(Cl)c2o1. The van der Waals surface area contributed by atoms with Crippen LogP contribution >= 0.6 is 11.6 Å². The quantitative estimate of drug-likeness (QED) is 0.582. The Morgan fingerprint density at radius 1 is 1.58 bits per heavy atom. The molecule has 0 aliphatic carbocycles. The van der Waals surface area contributed by atoms with E-state index >= 15 is 0 Å². The number of nitriles is 1. The molecule has 2 heterocycles. The second-order valence-electron chi connectivity index (χ2n) is 2.24. The fourth-order valence-corrected chi connectivity index (χ4v) is 1.19. The molecular formula is C8H3ClN2O. The molecule has 4 heteroatoms. The maximum absolute atomic E-state index is 8.52. The van der Waals surface area contributed by atoms with E-state index in [1.165, 1.54) is 0 Å². The number of pyridine rings is 1. The molecule has 0 spiro atoms. The van der Waals surface area contributed by atoms with E-state index in [2.05, 4.69) is 4.98 Å². The van der Waals surface area contributed by atoms with Crippen LogP contribution in [0.15, 0.2) is 22.7 Å². The first kappa shape index (κ1) is 7.14. The van der Waals surface area contributed by atoms with E-state index in [4.69, 9.17) is 21.3 Å². The first-order valence-corrected chi connectivity index (χ1v) is 3.63. The highest BCUT2D eigenvalue weighted by Gasteiger charge is 2.06. The summed E-state index contributed by atoms with van der Waals surface area (Å²) in [7, 11) is 0. The molecule has 3 nitrogen and oxygen atoms in total. The van der Waals surface area contributed by atoms with Gasteiger partial charge in [-0.1, -0.05) is 11.6 Å². The summed E-state index contributed by atoms with van der Waals surface area (Å²) in [5.74, 6) is 0.250.